The molecule has 0 unspecified atom stereocenters. The molecule has 7 nitrogen and oxygen atoms in total. The summed E-state index contributed by atoms with van der Waals surface area (Å²) in [6.45, 7) is 2.60. The molecule has 1 fully saturated rings. The van der Waals surface area contributed by atoms with E-state index in [2.05, 4.69) is 5.32 Å². The monoisotopic (exact) mass is 345 g/mol. The molecule has 1 aliphatic heterocycles. The number of benzene rings is 1. The summed E-state index contributed by atoms with van der Waals surface area (Å²) in [5, 5.41) is 13.5. The number of rotatable bonds is 3. The van der Waals surface area contributed by atoms with Crippen LogP contribution >= 0.6 is 11.3 Å². The molecule has 1 aromatic heterocycles. The van der Waals surface area contributed by atoms with Gasteiger partial charge in [0.1, 0.15) is 6.04 Å². The van der Waals surface area contributed by atoms with E-state index in [1.807, 2.05) is 31.2 Å². The van der Waals surface area contributed by atoms with E-state index in [1.165, 1.54) is 17.0 Å². The average Bonchev–Trinajstić information content (AvgIpc) is 3.05. The van der Waals surface area contributed by atoms with Gasteiger partial charge in [-0.25, -0.2) is 0 Å². The minimum atomic E-state index is -0.728. The number of amides is 2. The van der Waals surface area contributed by atoms with E-state index in [0.717, 1.165) is 22.5 Å². The van der Waals surface area contributed by atoms with Gasteiger partial charge in [-0.1, -0.05) is 35.6 Å². The Bertz CT molecular complexity index is 817. The summed E-state index contributed by atoms with van der Waals surface area (Å²) >= 11 is 0.823. The number of hydrogen-bond acceptors (Lipinski definition) is 5. The molecule has 1 aliphatic rings. The van der Waals surface area contributed by atoms with Crippen molar-refractivity contribution < 1.29 is 14.5 Å². The quantitative estimate of drug-likeness (QED) is 0.682. The van der Waals surface area contributed by atoms with Gasteiger partial charge in [0.2, 0.25) is 5.91 Å². The van der Waals surface area contributed by atoms with E-state index in [1.54, 1.807) is 0 Å². The number of hydrogen-bond donors (Lipinski definition) is 1. The van der Waals surface area contributed by atoms with Crippen LogP contribution in [0.25, 0.3) is 0 Å². The lowest BCUT2D eigenvalue weighted by atomic mass is 9.97. The van der Waals surface area contributed by atoms with Crippen LogP contribution in [0.4, 0.5) is 5.00 Å². The number of nitrogens with zero attached hydrogens (tertiary/aromatic N) is 2. The molecule has 2 heterocycles. The number of carbonyl (C=O) groups excluding carboxylic acids is 2. The summed E-state index contributed by atoms with van der Waals surface area (Å²) in [4.78, 5) is 37.2. The van der Waals surface area contributed by atoms with E-state index in [4.69, 9.17) is 0 Å². The molecule has 0 aliphatic carbocycles. The number of nitro groups is 1. The van der Waals surface area contributed by atoms with Crippen LogP contribution in [0.1, 0.15) is 26.8 Å². The van der Waals surface area contributed by atoms with Crippen LogP contribution < -0.4 is 5.32 Å². The van der Waals surface area contributed by atoms with Crippen molar-refractivity contribution in [3.8, 4) is 0 Å². The first-order chi connectivity index (χ1) is 11.5. The third kappa shape index (κ3) is 2.88. The van der Waals surface area contributed by atoms with Crippen LogP contribution in [-0.4, -0.2) is 34.7 Å². The molecule has 0 spiro atoms. The lowest BCUT2D eigenvalue weighted by Gasteiger charge is -2.35. The molecule has 1 saturated heterocycles. The van der Waals surface area contributed by atoms with Crippen molar-refractivity contribution in [3.05, 3.63) is 62.5 Å². The second-order valence-electron chi connectivity index (χ2n) is 5.44. The Kier molecular flexibility index (Phi) is 4.30. The van der Waals surface area contributed by atoms with Crippen molar-refractivity contribution in [2.75, 3.05) is 13.1 Å². The van der Waals surface area contributed by atoms with Crippen LogP contribution in [0, 0.1) is 17.0 Å². The Morgan fingerprint density at radius 1 is 1.33 bits per heavy atom. The molecule has 2 aromatic rings. The molecule has 1 N–H and O–H groups in total. The van der Waals surface area contributed by atoms with E-state index >= 15 is 0 Å². The molecule has 124 valence electrons. The third-order valence-electron chi connectivity index (χ3n) is 3.94. The maximum atomic E-state index is 12.8. The van der Waals surface area contributed by atoms with Crippen LogP contribution in [0.3, 0.4) is 0 Å². The molecule has 0 bridgehead atoms. The molecular formula is C16H15N3O4S. The zero-order valence-corrected chi connectivity index (χ0v) is 13.7. The SMILES string of the molecule is Cc1ccccc1[C@@H]1C(=O)NCCN1C(=O)c1ccc([N+](=O)[O-])s1. The van der Waals surface area contributed by atoms with Crippen molar-refractivity contribution in [3.63, 3.8) is 0 Å². The van der Waals surface area contributed by atoms with Gasteiger partial charge in [-0.05, 0) is 24.1 Å². The van der Waals surface area contributed by atoms with Gasteiger partial charge < -0.3 is 10.2 Å². The summed E-state index contributed by atoms with van der Waals surface area (Å²) in [7, 11) is 0. The number of nitrogens with one attached hydrogen (secondary N) is 1. The van der Waals surface area contributed by atoms with Crippen molar-refractivity contribution in [1.82, 2.24) is 10.2 Å². The zero-order chi connectivity index (χ0) is 17.3. The number of carbonyl (C=O) groups is 2. The highest BCUT2D eigenvalue weighted by molar-refractivity contribution is 7.17. The molecule has 0 saturated carbocycles. The van der Waals surface area contributed by atoms with Crippen LogP contribution in [0.15, 0.2) is 36.4 Å². The van der Waals surface area contributed by atoms with Gasteiger partial charge in [0.15, 0.2) is 0 Å². The number of thiophene rings is 1. The number of piperazine rings is 1. The Morgan fingerprint density at radius 3 is 2.75 bits per heavy atom. The fourth-order valence-corrected chi connectivity index (χ4v) is 3.55. The molecule has 1 aromatic carbocycles. The normalized spacial score (nSPS) is 17.5. The van der Waals surface area contributed by atoms with E-state index in [-0.39, 0.29) is 21.7 Å². The van der Waals surface area contributed by atoms with Crippen molar-refractivity contribution in [1.29, 1.82) is 0 Å². The van der Waals surface area contributed by atoms with E-state index in [0.29, 0.717) is 13.1 Å². The molecular weight excluding hydrogens is 330 g/mol. The van der Waals surface area contributed by atoms with Crippen molar-refractivity contribution >= 4 is 28.2 Å². The fourth-order valence-electron chi connectivity index (χ4n) is 2.77. The van der Waals surface area contributed by atoms with E-state index in [9.17, 15) is 19.7 Å². The minimum Gasteiger partial charge on any atom is -0.352 e. The van der Waals surface area contributed by atoms with Gasteiger partial charge in [0.25, 0.3) is 5.91 Å². The van der Waals surface area contributed by atoms with Gasteiger partial charge in [-0.15, -0.1) is 0 Å². The summed E-state index contributed by atoms with van der Waals surface area (Å²) < 4.78 is 0. The Labute approximate surface area is 142 Å². The predicted molar refractivity (Wildman–Crippen MR) is 88.9 cm³/mol. The largest absolute Gasteiger partial charge is 0.352 e. The van der Waals surface area contributed by atoms with Crippen molar-refractivity contribution in [2.24, 2.45) is 0 Å². The molecule has 3 rings (SSSR count). The van der Waals surface area contributed by atoms with Crippen molar-refractivity contribution in [2.45, 2.75) is 13.0 Å². The lowest BCUT2D eigenvalue weighted by Crippen LogP contribution is -2.52. The molecule has 8 heteroatoms. The van der Waals surface area contributed by atoms with Gasteiger partial charge in [-0.3, -0.25) is 19.7 Å². The summed E-state index contributed by atoms with van der Waals surface area (Å²) in [6.07, 6.45) is 0. The Morgan fingerprint density at radius 2 is 2.08 bits per heavy atom. The third-order valence-corrected chi connectivity index (χ3v) is 4.96. The minimum absolute atomic E-state index is 0.0905. The smallest absolute Gasteiger partial charge is 0.324 e. The second-order valence-corrected chi connectivity index (χ2v) is 6.51. The van der Waals surface area contributed by atoms with Crippen LogP contribution in [0.2, 0.25) is 0 Å². The second kappa shape index (κ2) is 6.40. The van der Waals surface area contributed by atoms with Gasteiger partial charge in [0.05, 0.1) is 9.80 Å². The highest BCUT2D eigenvalue weighted by atomic mass is 32.1. The molecule has 2 amide bonds. The average molecular weight is 345 g/mol. The fraction of sp³-hybridized carbons (Fsp3) is 0.250. The predicted octanol–water partition coefficient (Wildman–Crippen LogP) is 2.28. The molecule has 1 atom stereocenters. The highest BCUT2D eigenvalue weighted by Gasteiger charge is 2.36. The number of aryl methyl sites for hydroxylation is 1. The van der Waals surface area contributed by atoms with Gasteiger partial charge in [-0.2, -0.15) is 0 Å². The van der Waals surface area contributed by atoms with Crippen LogP contribution in [0.5, 0.6) is 0 Å². The first kappa shape index (κ1) is 16.1. The maximum Gasteiger partial charge on any atom is 0.324 e. The Balaban J connectivity index is 1.97. The zero-order valence-electron chi connectivity index (χ0n) is 12.9. The topological polar surface area (TPSA) is 92.6 Å². The first-order valence-corrected chi connectivity index (χ1v) is 8.19. The van der Waals surface area contributed by atoms with Gasteiger partial charge in [0, 0.05) is 19.2 Å². The highest BCUT2D eigenvalue weighted by Crippen LogP contribution is 2.31. The summed E-state index contributed by atoms with van der Waals surface area (Å²) in [5.74, 6) is -0.605. The Hall–Kier alpha value is -2.74. The summed E-state index contributed by atoms with van der Waals surface area (Å²) in [5.41, 5.74) is 1.67. The first-order valence-electron chi connectivity index (χ1n) is 7.37. The molecule has 24 heavy (non-hydrogen) atoms. The molecule has 0 radical (unpaired) electrons. The lowest BCUT2D eigenvalue weighted by molar-refractivity contribution is -0.380. The van der Waals surface area contributed by atoms with Gasteiger partial charge >= 0.3 is 5.00 Å². The standard InChI is InChI=1S/C16H15N3O4S/c1-10-4-2-3-5-11(10)14-15(20)17-8-9-18(14)16(21)12-6-7-13(24-12)19(22)23/h2-7,14H,8-9H2,1H3,(H,17,20)/t14-/m1/s1. The van der Waals surface area contributed by atoms with Crippen LogP contribution in [-0.2, 0) is 4.79 Å². The summed E-state index contributed by atoms with van der Waals surface area (Å²) in [6, 6.07) is 9.42. The van der Waals surface area contributed by atoms with E-state index < -0.39 is 11.0 Å². The maximum absolute atomic E-state index is 12.8.